The molecule has 0 aromatic rings. The molecule has 0 bridgehead atoms. The van der Waals surface area contributed by atoms with Crippen LogP contribution < -0.4 is 0 Å². The fourth-order valence-corrected chi connectivity index (χ4v) is 2.82. The van der Waals surface area contributed by atoms with Gasteiger partial charge in [-0.15, -0.1) is 0 Å². The summed E-state index contributed by atoms with van der Waals surface area (Å²) >= 11 is 3.44. The summed E-state index contributed by atoms with van der Waals surface area (Å²) in [5.74, 6) is 0.00320. The fourth-order valence-electron chi connectivity index (χ4n) is 1.64. The summed E-state index contributed by atoms with van der Waals surface area (Å²) in [6.07, 6.45) is 9.23. The maximum atomic E-state index is 11.4. The standard InChI is InChI=1S/C13H27BrO2Si/c1-17(2,3)16-13(15)11-9-7-5-4-6-8-10-12-14/h4-12H2,1-3H3. The van der Waals surface area contributed by atoms with E-state index in [-0.39, 0.29) is 5.97 Å². The van der Waals surface area contributed by atoms with Crippen molar-refractivity contribution in [3.63, 3.8) is 0 Å². The van der Waals surface area contributed by atoms with Crippen LogP contribution in [0.15, 0.2) is 0 Å². The average molecular weight is 323 g/mol. The summed E-state index contributed by atoms with van der Waals surface area (Å²) in [5.41, 5.74) is 0. The molecule has 0 aliphatic rings. The first-order chi connectivity index (χ1) is 7.95. The van der Waals surface area contributed by atoms with E-state index < -0.39 is 8.32 Å². The van der Waals surface area contributed by atoms with Crippen LogP contribution in [0.25, 0.3) is 0 Å². The molecule has 0 aliphatic carbocycles. The van der Waals surface area contributed by atoms with Crippen LogP contribution in [0.5, 0.6) is 0 Å². The topological polar surface area (TPSA) is 26.3 Å². The Labute approximate surface area is 116 Å². The third-order valence-corrected chi connectivity index (χ3v) is 3.84. The van der Waals surface area contributed by atoms with Crippen molar-refractivity contribution in [3.8, 4) is 0 Å². The van der Waals surface area contributed by atoms with Crippen molar-refractivity contribution in [2.45, 2.75) is 71.0 Å². The van der Waals surface area contributed by atoms with Gasteiger partial charge in [0.2, 0.25) is 8.32 Å². The smallest absolute Gasteiger partial charge is 0.292 e. The number of hydrogen-bond acceptors (Lipinski definition) is 2. The maximum absolute atomic E-state index is 11.4. The second-order valence-corrected chi connectivity index (χ2v) is 10.7. The Kier molecular flexibility index (Phi) is 10.2. The Morgan fingerprint density at radius 3 is 1.88 bits per heavy atom. The highest BCUT2D eigenvalue weighted by Crippen LogP contribution is 2.11. The third-order valence-electron chi connectivity index (χ3n) is 2.43. The van der Waals surface area contributed by atoms with Gasteiger partial charge in [0.15, 0.2) is 0 Å². The second-order valence-electron chi connectivity index (χ2n) is 5.50. The molecule has 0 unspecified atom stereocenters. The minimum Gasteiger partial charge on any atom is -0.520 e. The molecular weight excluding hydrogens is 296 g/mol. The molecule has 0 N–H and O–H groups in total. The summed E-state index contributed by atoms with van der Waals surface area (Å²) in [5, 5.41) is 1.12. The molecule has 0 radical (unpaired) electrons. The zero-order chi connectivity index (χ0) is 13.1. The quantitative estimate of drug-likeness (QED) is 0.325. The molecule has 4 heteroatoms. The average Bonchev–Trinajstić information content (AvgIpc) is 2.19. The molecule has 0 aromatic carbocycles. The molecule has 0 heterocycles. The molecule has 0 atom stereocenters. The van der Waals surface area contributed by atoms with E-state index in [1.807, 2.05) is 0 Å². The normalized spacial score (nSPS) is 11.5. The lowest BCUT2D eigenvalue weighted by atomic mass is 10.1. The molecule has 102 valence electrons. The van der Waals surface area contributed by atoms with Gasteiger partial charge in [-0.25, -0.2) is 0 Å². The Balaban J connectivity index is 3.25. The maximum Gasteiger partial charge on any atom is 0.292 e. The number of alkyl halides is 1. The van der Waals surface area contributed by atoms with Crippen LogP contribution >= 0.6 is 15.9 Å². The number of unbranched alkanes of at least 4 members (excludes halogenated alkanes) is 6. The van der Waals surface area contributed by atoms with Gasteiger partial charge in [0, 0.05) is 11.8 Å². The van der Waals surface area contributed by atoms with E-state index in [0.717, 1.165) is 18.2 Å². The van der Waals surface area contributed by atoms with Gasteiger partial charge >= 0.3 is 0 Å². The Hall–Kier alpha value is 0.167. The van der Waals surface area contributed by atoms with Crippen LogP contribution in [0.3, 0.4) is 0 Å². The highest BCUT2D eigenvalue weighted by Gasteiger charge is 2.19. The Morgan fingerprint density at radius 1 is 0.941 bits per heavy atom. The van der Waals surface area contributed by atoms with E-state index in [9.17, 15) is 4.79 Å². The number of halogens is 1. The van der Waals surface area contributed by atoms with Gasteiger partial charge in [0.05, 0.1) is 0 Å². The van der Waals surface area contributed by atoms with Gasteiger partial charge in [0.25, 0.3) is 5.97 Å². The SMILES string of the molecule is C[Si](C)(C)OC(=O)CCCCCCCCCBr. The number of rotatable bonds is 10. The van der Waals surface area contributed by atoms with Crippen molar-refractivity contribution in [1.82, 2.24) is 0 Å². The molecule has 0 saturated carbocycles. The fraction of sp³-hybridized carbons (Fsp3) is 0.923. The molecule has 0 fully saturated rings. The highest BCUT2D eigenvalue weighted by atomic mass is 79.9. The minimum absolute atomic E-state index is 0.00320. The Morgan fingerprint density at radius 2 is 1.41 bits per heavy atom. The van der Waals surface area contributed by atoms with Crippen LogP contribution in [0.4, 0.5) is 0 Å². The van der Waals surface area contributed by atoms with E-state index in [4.69, 9.17) is 4.43 Å². The first-order valence-electron chi connectivity index (χ1n) is 6.73. The van der Waals surface area contributed by atoms with Gasteiger partial charge in [-0.3, -0.25) is 4.79 Å². The molecule has 0 spiro atoms. The predicted octanol–water partition coefficient (Wildman–Crippen LogP) is 4.88. The Bertz CT molecular complexity index is 202. The molecule has 0 saturated heterocycles. The number of hydrogen-bond donors (Lipinski definition) is 0. The molecule has 2 nitrogen and oxygen atoms in total. The van der Waals surface area contributed by atoms with Gasteiger partial charge in [-0.05, 0) is 32.5 Å². The van der Waals surface area contributed by atoms with Crippen LogP contribution in [-0.2, 0) is 9.22 Å². The highest BCUT2D eigenvalue weighted by molar-refractivity contribution is 9.09. The van der Waals surface area contributed by atoms with Crippen LogP contribution in [0, 0.1) is 0 Å². The number of carbonyl (C=O) groups excluding carboxylic acids is 1. The van der Waals surface area contributed by atoms with Crippen molar-refractivity contribution in [1.29, 1.82) is 0 Å². The lowest BCUT2D eigenvalue weighted by Crippen LogP contribution is -2.28. The largest absolute Gasteiger partial charge is 0.520 e. The minimum atomic E-state index is -1.66. The van der Waals surface area contributed by atoms with Gasteiger partial charge in [-0.2, -0.15) is 0 Å². The lowest BCUT2D eigenvalue weighted by Gasteiger charge is -2.17. The van der Waals surface area contributed by atoms with E-state index in [1.165, 1.54) is 32.1 Å². The summed E-state index contributed by atoms with van der Waals surface area (Å²) in [4.78, 5) is 11.4. The summed E-state index contributed by atoms with van der Waals surface area (Å²) in [6, 6.07) is 0. The van der Waals surface area contributed by atoms with E-state index >= 15 is 0 Å². The number of carbonyl (C=O) groups is 1. The first kappa shape index (κ1) is 17.2. The molecule has 0 aromatic heterocycles. The van der Waals surface area contributed by atoms with Gasteiger partial charge < -0.3 is 4.43 Å². The van der Waals surface area contributed by atoms with Crippen molar-refractivity contribution in [2.75, 3.05) is 5.33 Å². The van der Waals surface area contributed by atoms with E-state index in [0.29, 0.717) is 6.42 Å². The van der Waals surface area contributed by atoms with Crippen molar-refractivity contribution in [3.05, 3.63) is 0 Å². The van der Waals surface area contributed by atoms with Crippen LogP contribution in [0.1, 0.15) is 51.4 Å². The van der Waals surface area contributed by atoms with Crippen molar-refractivity contribution >= 4 is 30.2 Å². The summed E-state index contributed by atoms with van der Waals surface area (Å²) < 4.78 is 5.39. The molecule has 0 amide bonds. The van der Waals surface area contributed by atoms with Crippen LogP contribution in [0.2, 0.25) is 19.6 Å². The summed E-state index contributed by atoms with van der Waals surface area (Å²) in [7, 11) is -1.66. The first-order valence-corrected chi connectivity index (χ1v) is 11.3. The monoisotopic (exact) mass is 322 g/mol. The van der Waals surface area contributed by atoms with Crippen LogP contribution in [-0.4, -0.2) is 19.6 Å². The lowest BCUT2D eigenvalue weighted by molar-refractivity contribution is -0.135. The van der Waals surface area contributed by atoms with Crippen molar-refractivity contribution < 1.29 is 9.22 Å². The zero-order valence-electron chi connectivity index (χ0n) is 11.6. The van der Waals surface area contributed by atoms with E-state index in [2.05, 4.69) is 35.6 Å². The molecule has 0 aliphatic heterocycles. The predicted molar refractivity (Wildman–Crippen MR) is 80.2 cm³/mol. The van der Waals surface area contributed by atoms with E-state index in [1.54, 1.807) is 0 Å². The third kappa shape index (κ3) is 14.1. The molecule has 0 rings (SSSR count). The zero-order valence-corrected chi connectivity index (χ0v) is 14.1. The van der Waals surface area contributed by atoms with Crippen molar-refractivity contribution in [2.24, 2.45) is 0 Å². The molecule has 17 heavy (non-hydrogen) atoms. The molecular formula is C13H27BrO2Si. The second kappa shape index (κ2) is 10.1. The van der Waals surface area contributed by atoms with Gasteiger partial charge in [-0.1, -0.05) is 48.0 Å². The van der Waals surface area contributed by atoms with Gasteiger partial charge in [0.1, 0.15) is 0 Å². The summed E-state index contributed by atoms with van der Waals surface area (Å²) in [6.45, 7) is 6.15.